The smallest absolute Gasteiger partial charge is 0.308 e. The standard InChI is InChI=1S/C13H16F2N2O3/c1-7(13(2,3)4)16-12(18)9-5-8(14)6-10(11(9)15)17(19)20/h5-7H,1-4H3,(H,16,18). The third-order valence-corrected chi connectivity index (χ3v) is 3.11. The van der Waals surface area contributed by atoms with E-state index in [0.29, 0.717) is 12.1 Å². The number of halogens is 2. The molecule has 0 aliphatic heterocycles. The Morgan fingerprint density at radius 2 is 1.90 bits per heavy atom. The number of hydrogen-bond acceptors (Lipinski definition) is 3. The maximum Gasteiger partial charge on any atom is 0.308 e. The molecule has 0 aliphatic rings. The maximum absolute atomic E-state index is 13.8. The van der Waals surface area contributed by atoms with Gasteiger partial charge in [0.15, 0.2) is 0 Å². The molecule has 1 atom stereocenters. The highest BCUT2D eigenvalue weighted by Gasteiger charge is 2.27. The number of benzene rings is 1. The van der Waals surface area contributed by atoms with Crippen LogP contribution in [0.15, 0.2) is 12.1 Å². The third-order valence-electron chi connectivity index (χ3n) is 3.11. The lowest BCUT2D eigenvalue weighted by molar-refractivity contribution is -0.387. The van der Waals surface area contributed by atoms with Gasteiger partial charge in [0.25, 0.3) is 5.91 Å². The van der Waals surface area contributed by atoms with Crippen LogP contribution in [-0.2, 0) is 0 Å². The van der Waals surface area contributed by atoms with Gasteiger partial charge in [-0.15, -0.1) is 0 Å². The summed E-state index contributed by atoms with van der Waals surface area (Å²) >= 11 is 0. The number of amides is 1. The molecule has 5 nitrogen and oxygen atoms in total. The first-order valence-electron chi connectivity index (χ1n) is 5.98. The van der Waals surface area contributed by atoms with Crippen LogP contribution in [0.25, 0.3) is 0 Å². The van der Waals surface area contributed by atoms with Gasteiger partial charge in [0.05, 0.1) is 16.6 Å². The van der Waals surface area contributed by atoms with Crippen molar-refractivity contribution in [1.29, 1.82) is 0 Å². The topological polar surface area (TPSA) is 72.2 Å². The van der Waals surface area contributed by atoms with Crippen LogP contribution in [-0.4, -0.2) is 16.9 Å². The summed E-state index contributed by atoms with van der Waals surface area (Å²) in [6, 6.07) is 0.767. The minimum absolute atomic E-state index is 0.286. The summed E-state index contributed by atoms with van der Waals surface area (Å²) < 4.78 is 27.1. The summed E-state index contributed by atoms with van der Waals surface area (Å²) in [4.78, 5) is 21.4. The molecule has 0 fully saturated rings. The lowest BCUT2D eigenvalue weighted by Crippen LogP contribution is -2.41. The van der Waals surface area contributed by atoms with E-state index in [-0.39, 0.29) is 11.5 Å². The molecule has 1 rings (SSSR count). The van der Waals surface area contributed by atoms with Gasteiger partial charge in [0.1, 0.15) is 5.82 Å². The number of rotatable bonds is 3. The first-order chi connectivity index (χ1) is 9.04. The molecule has 0 spiro atoms. The molecular weight excluding hydrogens is 270 g/mol. The molecule has 0 radical (unpaired) electrons. The molecule has 0 aromatic heterocycles. The monoisotopic (exact) mass is 286 g/mol. The first kappa shape index (κ1) is 16.0. The normalized spacial score (nSPS) is 12.9. The molecule has 1 aromatic rings. The molecular formula is C13H16F2N2O3. The van der Waals surface area contributed by atoms with E-state index in [1.54, 1.807) is 6.92 Å². The Morgan fingerprint density at radius 1 is 1.35 bits per heavy atom. The Hall–Kier alpha value is -2.05. The van der Waals surface area contributed by atoms with Crippen molar-refractivity contribution in [3.63, 3.8) is 0 Å². The van der Waals surface area contributed by atoms with E-state index in [4.69, 9.17) is 0 Å². The predicted molar refractivity (Wildman–Crippen MR) is 69.4 cm³/mol. The van der Waals surface area contributed by atoms with E-state index in [2.05, 4.69) is 5.32 Å². The Kier molecular flexibility index (Phi) is 4.42. The fourth-order valence-electron chi connectivity index (χ4n) is 1.36. The number of hydrogen-bond donors (Lipinski definition) is 1. The zero-order chi connectivity index (χ0) is 15.7. The molecule has 0 bridgehead atoms. The zero-order valence-corrected chi connectivity index (χ0v) is 11.7. The van der Waals surface area contributed by atoms with Gasteiger partial charge in [0, 0.05) is 6.04 Å². The van der Waals surface area contributed by atoms with Gasteiger partial charge in [-0.05, 0) is 18.4 Å². The molecule has 110 valence electrons. The molecule has 0 aliphatic carbocycles. The van der Waals surface area contributed by atoms with E-state index in [1.165, 1.54) is 0 Å². The largest absolute Gasteiger partial charge is 0.349 e. The molecule has 1 aromatic carbocycles. The van der Waals surface area contributed by atoms with Crippen molar-refractivity contribution in [2.45, 2.75) is 33.7 Å². The van der Waals surface area contributed by atoms with Crippen LogP contribution in [0.1, 0.15) is 38.1 Å². The average molecular weight is 286 g/mol. The van der Waals surface area contributed by atoms with E-state index in [1.807, 2.05) is 20.8 Å². The summed E-state index contributed by atoms with van der Waals surface area (Å²) in [5.74, 6) is -3.26. The lowest BCUT2D eigenvalue weighted by Gasteiger charge is -2.28. The van der Waals surface area contributed by atoms with Crippen LogP contribution in [0.2, 0.25) is 0 Å². The Morgan fingerprint density at radius 3 is 2.35 bits per heavy atom. The van der Waals surface area contributed by atoms with E-state index < -0.39 is 33.7 Å². The predicted octanol–water partition coefficient (Wildman–Crippen LogP) is 3.04. The number of carbonyl (C=O) groups excluding carboxylic acids is 1. The highest BCUT2D eigenvalue weighted by molar-refractivity contribution is 5.95. The van der Waals surface area contributed by atoms with E-state index >= 15 is 0 Å². The van der Waals surface area contributed by atoms with Gasteiger partial charge in [-0.1, -0.05) is 20.8 Å². The Bertz CT molecular complexity index is 553. The molecule has 0 heterocycles. The summed E-state index contributed by atoms with van der Waals surface area (Å²) in [5.41, 5.74) is -2.02. The molecule has 0 saturated carbocycles. The van der Waals surface area contributed by atoms with Crippen molar-refractivity contribution < 1.29 is 18.5 Å². The molecule has 1 N–H and O–H groups in total. The minimum Gasteiger partial charge on any atom is -0.349 e. The van der Waals surface area contributed by atoms with Gasteiger partial charge < -0.3 is 5.32 Å². The van der Waals surface area contributed by atoms with Crippen LogP contribution in [0.3, 0.4) is 0 Å². The summed E-state index contributed by atoms with van der Waals surface area (Å²) in [5, 5.41) is 13.1. The molecule has 1 amide bonds. The quantitative estimate of drug-likeness (QED) is 0.685. The summed E-state index contributed by atoms with van der Waals surface area (Å²) in [6.07, 6.45) is 0. The van der Waals surface area contributed by atoms with Gasteiger partial charge in [-0.3, -0.25) is 14.9 Å². The SMILES string of the molecule is CC(NC(=O)c1cc(F)cc([N+](=O)[O-])c1F)C(C)(C)C. The van der Waals surface area contributed by atoms with Gasteiger partial charge >= 0.3 is 5.69 Å². The minimum atomic E-state index is -1.34. The average Bonchev–Trinajstić information content (AvgIpc) is 2.29. The highest BCUT2D eigenvalue weighted by Crippen LogP contribution is 2.24. The molecule has 1 unspecified atom stereocenters. The number of nitrogens with zero attached hydrogens (tertiary/aromatic N) is 1. The fourth-order valence-corrected chi connectivity index (χ4v) is 1.36. The number of nitro groups is 1. The first-order valence-corrected chi connectivity index (χ1v) is 5.98. The van der Waals surface area contributed by atoms with Crippen molar-refractivity contribution in [1.82, 2.24) is 5.32 Å². The fraction of sp³-hybridized carbons (Fsp3) is 0.462. The van der Waals surface area contributed by atoms with E-state index in [9.17, 15) is 23.7 Å². The number of carbonyl (C=O) groups is 1. The van der Waals surface area contributed by atoms with Crippen LogP contribution >= 0.6 is 0 Å². The number of nitro benzene ring substituents is 1. The Labute approximate surface area is 115 Å². The van der Waals surface area contributed by atoms with Crippen molar-refractivity contribution in [3.8, 4) is 0 Å². The van der Waals surface area contributed by atoms with Crippen molar-refractivity contribution >= 4 is 11.6 Å². The van der Waals surface area contributed by atoms with Gasteiger partial charge in [-0.2, -0.15) is 4.39 Å². The van der Waals surface area contributed by atoms with Gasteiger partial charge in [0.2, 0.25) is 5.82 Å². The van der Waals surface area contributed by atoms with Crippen LogP contribution in [0.5, 0.6) is 0 Å². The molecule has 20 heavy (non-hydrogen) atoms. The second-order valence-electron chi connectivity index (χ2n) is 5.60. The van der Waals surface area contributed by atoms with E-state index in [0.717, 1.165) is 0 Å². The third kappa shape index (κ3) is 3.49. The molecule has 7 heteroatoms. The van der Waals surface area contributed by atoms with Crippen LogP contribution < -0.4 is 5.32 Å². The Balaban J connectivity index is 3.14. The lowest BCUT2D eigenvalue weighted by atomic mass is 9.88. The van der Waals surface area contributed by atoms with Crippen LogP contribution in [0, 0.1) is 27.2 Å². The van der Waals surface area contributed by atoms with Gasteiger partial charge in [-0.25, -0.2) is 4.39 Å². The second kappa shape index (κ2) is 5.52. The summed E-state index contributed by atoms with van der Waals surface area (Å²) in [7, 11) is 0. The molecule has 0 saturated heterocycles. The zero-order valence-electron chi connectivity index (χ0n) is 11.7. The summed E-state index contributed by atoms with van der Waals surface area (Å²) in [6.45, 7) is 7.30. The highest BCUT2D eigenvalue weighted by atomic mass is 19.1. The van der Waals surface area contributed by atoms with Crippen molar-refractivity contribution in [2.24, 2.45) is 5.41 Å². The van der Waals surface area contributed by atoms with Crippen molar-refractivity contribution in [2.75, 3.05) is 0 Å². The number of nitrogens with one attached hydrogen (secondary N) is 1. The van der Waals surface area contributed by atoms with Crippen molar-refractivity contribution in [3.05, 3.63) is 39.4 Å². The maximum atomic E-state index is 13.8. The van der Waals surface area contributed by atoms with Crippen LogP contribution in [0.4, 0.5) is 14.5 Å². The second-order valence-corrected chi connectivity index (χ2v) is 5.60.